The summed E-state index contributed by atoms with van der Waals surface area (Å²) in [4.78, 5) is 19.1. The minimum absolute atomic E-state index is 0.188. The summed E-state index contributed by atoms with van der Waals surface area (Å²) in [6.07, 6.45) is -1.09. The fourth-order valence-corrected chi connectivity index (χ4v) is 0.0451. The maximum atomic E-state index is 9.60. The van der Waals surface area contributed by atoms with Gasteiger partial charge in [0.2, 0.25) is 6.41 Å². The van der Waals surface area contributed by atoms with E-state index in [1.54, 1.807) is 9.39 Å². The molecule has 0 bridgehead atoms. The second kappa shape index (κ2) is 2.53. The van der Waals surface area contributed by atoms with E-state index in [1.807, 2.05) is 0 Å². The summed E-state index contributed by atoms with van der Waals surface area (Å²) < 4.78 is 0.444. The van der Waals surface area contributed by atoms with Crippen LogP contribution in [0.5, 0.6) is 0 Å². The zero-order valence-electron chi connectivity index (χ0n) is 3.37. The van der Waals surface area contributed by atoms with Gasteiger partial charge in [-0.15, -0.1) is 0 Å². The number of hydrogen-bond donors (Lipinski definition) is 1. The van der Waals surface area contributed by atoms with Crippen LogP contribution < -0.4 is 0 Å². The van der Waals surface area contributed by atoms with Crippen LogP contribution in [0, 0.1) is 0 Å². The van der Waals surface area contributed by atoms with Crippen molar-refractivity contribution in [1.29, 1.82) is 0 Å². The summed E-state index contributed by atoms with van der Waals surface area (Å²) in [7, 11) is 1.72. The summed E-state index contributed by atoms with van der Waals surface area (Å²) in [6, 6.07) is 0. The zero-order chi connectivity index (χ0) is 5.86. The number of hydrogen-bond acceptors (Lipinski definition) is 2. The van der Waals surface area contributed by atoms with E-state index < -0.39 is 6.09 Å². The average Bonchev–Trinajstić information content (AvgIpc) is 1.65. The molecule has 0 rings (SSSR count). The Morgan fingerprint density at radius 2 is 2.29 bits per heavy atom. The van der Waals surface area contributed by atoms with Crippen LogP contribution >= 0.6 is 9.39 Å². The summed E-state index contributed by atoms with van der Waals surface area (Å²) in [5.41, 5.74) is 0. The van der Waals surface area contributed by atoms with Gasteiger partial charge in [0, 0.05) is 0 Å². The number of amides is 2. The summed E-state index contributed by atoms with van der Waals surface area (Å²) in [5, 5.41) is 7.86. The molecule has 0 aliphatic rings. The standard InChI is InChI=1S/C2H4NO3P/c4-1-3(7)2(5)6/h1H,7H2,(H,5,6). The van der Waals surface area contributed by atoms with Crippen LogP contribution in [0.2, 0.25) is 0 Å². The van der Waals surface area contributed by atoms with Crippen LogP contribution in [0.4, 0.5) is 4.79 Å². The maximum absolute atomic E-state index is 9.60. The molecule has 0 spiro atoms. The quantitative estimate of drug-likeness (QED) is 0.389. The minimum atomic E-state index is -1.28. The van der Waals surface area contributed by atoms with Crippen molar-refractivity contribution in [3.8, 4) is 0 Å². The van der Waals surface area contributed by atoms with Gasteiger partial charge in [-0.2, -0.15) is 0 Å². The Balaban J connectivity index is 3.55. The average molecular weight is 121 g/mol. The first-order chi connectivity index (χ1) is 3.18. The summed E-state index contributed by atoms with van der Waals surface area (Å²) in [6.45, 7) is 0. The first kappa shape index (κ1) is 6.37. The van der Waals surface area contributed by atoms with Gasteiger partial charge in [0.25, 0.3) is 0 Å². The highest BCUT2D eigenvalue weighted by molar-refractivity contribution is 7.15. The van der Waals surface area contributed by atoms with E-state index in [2.05, 4.69) is 0 Å². The molecule has 4 nitrogen and oxygen atoms in total. The third-order valence-electron chi connectivity index (χ3n) is 0.334. The predicted molar refractivity (Wildman–Crippen MR) is 25.6 cm³/mol. The van der Waals surface area contributed by atoms with Crippen molar-refractivity contribution in [1.82, 2.24) is 4.67 Å². The molecule has 0 heterocycles. The third kappa shape index (κ3) is 2.11. The van der Waals surface area contributed by atoms with E-state index in [0.717, 1.165) is 0 Å². The van der Waals surface area contributed by atoms with Crippen molar-refractivity contribution in [2.24, 2.45) is 0 Å². The van der Waals surface area contributed by atoms with Gasteiger partial charge in [0.1, 0.15) is 0 Å². The van der Waals surface area contributed by atoms with E-state index in [9.17, 15) is 9.59 Å². The SMILES string of the molecule is O=CN(P)C(=O)O. The lowest BCUT2D eigenvalue weighted by atomic mass is 11.1. The van der Waals surface area contributed by atoms with Gasteiger partial charge in [-0.25, -0.2) is 9.46 Å². The summed E-state index contributed by atoms with van der Waals surface area (Å²) >= 11 is 0. The van der Waals surface area contributed by atoms with Crippen molar-refractivity contribution < 1.29 is 14.7 Å². The Morgan fingerprint density at radius 1 is 1.86 bits per heavy atom. The normalized spacial score (nSPS) is 7.57. The van der Waals surface area contributed by atoms with Crippen LogP contribution in [0.1, 0.15) is 0 Å². The molecule has 1 N–H and O–H groups in total. The molecule has 1 atom stereocenters. The number of rotatable bonds is 1. The highest BCUT2D eigenvalue weighted by atomic mass is 31.0. The zero-order valence-corrected chi connectivity index (χ0v) is 4.52. The van der Waals surface area contributed by atoms with Gasteiger partial charge in [-0.05, 0) is 9.39 Å². The molecule has 0 saturated heterocycles. The molecule has 0 saturated carbocycles. The molecule has 0 aliphatic carbocycles. The molecule has 0 radical (unpaired) electrons. The van der Waals surface area contributed by atoms with Gasteiger partial charge >= 0.3 is 6.09 Å². The van der Waals surface area contributed by atoms with Crippen molar-refractivity contribution in [2.45, 2.75) is 0 Å². The first-order valence-corrected chi connectivity index (χ1v) is 1.92. The van der Waals surface area contributed by atoms with Gasteiger partial charge in [0.15, 0.2) is 0 Å². The topological polar surface area (TPSA) is 57.6 Å². The summed E-state index contributed by atoms with van der Waals surface area (Å²) in [5.74, 6) is 0. The second-order valence-corrected chi connectivity index (χ2v) is 1.35. The Morgan fingerprint density at radius 3 is 2.29 bits per heavy atom. The van der Waals surface area contributed by atoms with E-state index in [4.69, 9.17) is 5.11 Å². The van der Waals surface area contributed by atoms with Crippen LogP contribution in [0.25, 0.3) is 0 Å². The highest BCUT2D eigenvalue weighted by Crippen LogP contribution is 1.90. The maximum Gasteiger partial charge on any atom is 0.416 e. The van der Waals surface area contributed by atoms with E-state index in [-0.39, 0.29) is 6.41 Å². The van der Waals surface area contributed by atoms with E-state index >= 15 is 0 Å². The van der Waals surface area contributed by atoms with Crippen LogP contribution in [-0.4, -0.2) is 22.3 Å². The number of nitrogens with zero attached hydrogens (tertiary/aromatic N) is 1. The lowest BCUT2D eigenvalue weighted by molar-refractivity contribution is -0.112. The van der Waals surface area contributed by atoms with E-state index in [1.165, 1.54) is 0 Å². The smallest absolute Gasteiger partial charge is 0.416 e. The van der Waals surface area contributed by atoms with Crippen molar-refractivity contribution in [2.75, 3.05) is 0 Å². The van der Waals surface area contributed by atoms with Crippen LogP contribution in [0.15, 0.2) is 0 Å². The number of carbonyl (C=O) groups excluding carboxylic acids is 1. The molecular formula is C2H4NO3P. The largest absolute Gasteiger partial charge is 0.464 e. The van der Waals surface area contributed by atoms with Gasteiger partial charge in [-0.3, -0.25) is 4.79 Å². The van der Waals surface area contributed by atoms with Gasteiger partial charge in [-0.1, -0.05) is 0 Å². The van der Waals surface area contributed by atoms with Crippen LogP contribution in [0.3, 0.4) is 0 Å². The van der Waals surface area contributed by atoms with Gasteiger partial charge < -0.3 is 5.11 Å². The number of imide groups is 1. The molecule has 0 aromatic carbocycles. The molecule has 7 heavy (non-hydrogen) atoms. The Hall–Kier alpha value is -0.630. The number of carboxylic acid groups (broad SMARTS) is 1. The molecular weight excluding hydrogens is 117 g/mol. The molecule has 0 fully saturated rings. The molecule has 0 aliphatic heterocycles. The number of carbonyl (C=O) groups is 2. The first-order valence-electron chi connectivity index (χ1n) is 1.40. The Bertz CT molecular complexity index is 92.9. The molecule has 0 aromatic heterocycles. The Kier molecular flexibility index (Phi) is 2.30. The lowest BCUT2D eigenvalue weighted by Gasteiger charge is -1.97. The molecule has 2 amide bonds. The predicted octanol–water partition coefficient (Wildman–Crippen LogP) is -0.0871. The molecule has 40 valence electrons. The second-order valence-electron chi connectivity index (χ2n) is 0.795. The Labute approximate surface area is 42.4 Å². The minimum Gasteiger partial charge on any atom is -0.464 e. The highest BCUT2D eigenvalue weighted by Gasteiger charge is 1.99. The van der Waals surface area contributed by atoms with Crippen molar-refractivity contribution in [3.63, 3.8) is 0 Å². The van der Waals surface area contributed by atoms with Crippen LogP contribution in [-0.2, 0) is 4.79 Å². The molecule has 1 unspecified atom stereocenters. The molecule has 0 aromatic rings. The van der Waals surface area contributed by atoms with Gasteiger partial charge in [0.05, 0.1) is 0 Å². The third-order valence-corrected chi connectivity index (χ3v) is 0.677. The van der Waals surface area contributed by atoms with Crippen molar-refractivity contribution >= 4 is 21.9 Å². The van der Waals surface area contributed by atoms with E-state index in [0.29, 0.717) is 4.67 Å². The van der Waals surface area contributed by atoms with Crippen molar-refractivity contribution in [3.05, 3.63) is 0 Å². The lowest BCUT2D eigenvalue weighted by Crippen LogP contribution is -2.15. The fourth-order valence-electron chi connectivity index (χ4n) is 0.0451. The monoisotopic (exact) mass is 121 g/mol. The molecule has 5 heteroatoms. The fraction of sp³-hybridized carbons (Fsp3) is 0.